The van der Waals surface area contributed by atoms with E-state index in [4.69, 9.17) is 10.2 Å². The predicted octanol–water partition coefficient (Wildman–Crippen LogP) is 2.38. The van der Waals surface area contributed by atoms with E-state index in [0.29, 0.717) is 11.4 Å². The van der Waals surface area contributed by atoms with Gasteiger partial charge in [0.25, 0.3) is 5.91 Å². The van der Waals surface area contributed by atoms with Crippen molar-refractivity contribution in [1.82, 2.24) is 14.9 Å². The third-order valence-corrected chi connectivity index (χ3v) is 5.02. The lowest BCUT2D eigenvalue weighted by atomic mass is 9.87. The van der Waals surface area contributed by atoms with Crippen molar-refractivity contribution < 1.29 is 14.0 Å². The molecule has 4 rings (SSSR count). The number of carbonyl (C=O) groups excluding carboxylic acids is 2. The molecule has 2 amide bonds. The lowest BCUT2D eigenvalue weighted by Crippen LogP contribution is -2.47. The monoisotopic (exact) mass is 404 g/mol. The van der Waals surface area contributed by atoms with E-state index in [2.05, 4.69) is 20.3 Å². The molecule has 0 aliphatic carbocycles. The molecule has 1 aliphatic heterocycles. The Balaban J connectivity index is 1.53. The Bertz CT molecular complexity index is 1120. The summed E-state index contributed by atoms with van der Waals surface area (Å²) >= 11 is 0. The highest BCUT2D eigenvalue weighted by atomic mass is 16.3. The van der Waals surface area contributed by atoms with E-state index in [1.165, 1.54) is 17.3 Å². The Hall–Kier alpha value is -4.01. The Kier molecular flexibility index (Phi) is 4.78. The fourth-order valence-electron chi connectivity index (χ4n) is 3.21. The molecule has 0 bridgehead atoms. The van der Waals surface area contributed by atoms with Crippen molar-refractivity contribution >= 4 is 23.5 Å². The first-order chi connectivity index (χ1) is 14.4. The van der Waals surface area contributed by atoms with E-state index in [0.717, 1.165) is 11.1 Å². The van der Waals surface area contributed by atoms with Gasteiger partial charge in [-0.15, -0.1) is 0 Å². The van der Waals surface area contributed by atoms with Crippen molar-refractivity contribution in [3.05, 3.63) is 66.5 Å². The van der Waals surface area contributed by atoms with Crippen LogP contribution in [0.4, 0.5) is 5.69 Å². The second-order valence-electron chi connectivity index (χ2n) is 7.21. The highest BCUT2D eigenvalue weighted by molar-refractivity contribution is 6.03. The number of nitrogens with two attached hydrogens (primary N) is 1. The van der Waals surface area contributed by atoms with Crippen LogP contribution in [0.3, 0.4) is 0 Å². The van der Waals surface area contributed by atoms with Gasteiger partial charge in [0.2, 0.25) is 5.91 Å². The summed E-state index contributed by atoms with van der Waals surface area (Å²) in [5.74, 6) is -0.352. The number of nitrogens with zero attached hydrogens (tertiary/aromatic N) is 4. The number of hydrogen-bond donors (Lipinski definition) is 2. The maximum atomic E-state index is 12.6. The molecule has 1 aromatic carbocycles. The molecule has 3 heterocycles. The van der Waals surface area contributed by atoms with Gasteiger partial charge in [0, 0.05) is 18.3 Å². The zero-order valence-corrected chi connectivity index (χ0v) is 16.5. The average Bonchev–Trinajstić information content (AvgIpc) is 3.27. The van der Waals surface area contributed by atoms with Crippen molar-refractivity contribution in [3.8, 4) is 11.3 Å². The Morgan fingerprint density at radius 3 is 2.77 bits per heavy atom. The normalized spacial score (nSPS) is 18.8. The standard InChI is InChI=1S/C21H20N6O3/c1-21(9-18(28)27(2)20(22)26-21)14-4-3-5-15(8-14)25-19(29)17-11-23-16(10-24-17)13-6-7-30-12-13/h3-8,10-12H,9H2,1-2H3,(H2,22,26)(H,25,29). The molecule has 0 fully saturated rings. The first-order valence-corrected chi connectivity index (χ1v) is 9.24. The lowest BCUT2D eigenvalue weighted by molar-refractivity contribution is -0.128. The minimum absolute atomic E-state index is 0.118. The van der Waals surface area contributed by atoms with E-state index in [1.54, 1.807) is 43.8 Å². The lowest BCUT2D eigenvalue weighted by Gasteiger charge is -2.33. The molecule has 0 spiro atoms. The topological polar surface area (TPSA) is 127 Å². The summed E-state index contributed by atoms with van der Waals surface area (Å²) in [7, 11) is 1.59. The summed E-state index contributed by atoms with van der Waals surface area (Å²) in [6.07, 6.45) is 6.20. The Morgan fingerprint density at radius 2 is 2.10 bits per heavy atom. The van der Waals surface area contributed by atoms with Crippen molar-refractivity contribution in [2.75, 3.05) is 12.4 Å². The van der Waals surface area contributed by atoms with E-state index < -0.39 is 11.4 Å². The van der Waals surface area contributed by atoms with E-state index in [-0.39, 0.29) is 24.0 Å². The Labute approximate surface area is 172 Å². The molecule has 3 N–H and O–H groups in total. The fourth-order valence-corrected chi connectivity index (χ4v) is 3.21. The van der Waals surface area contributed by atoms with Gasteiger partial charge in [-0.05, 0) is 30.7 Å². The summed E-state index contributed by atoms with van der Waals surface area (Å²) in [5, 5.41) is 2.81. The van der Waals surface area contributed by atoms with Gasteiger partial charge >= 0.3 is 0 Å². The van der Waals surface area contributed by atoms with Gasteiger partial charge in [0.1, 0.15) is 5.69 Å². The molecule has 1 aliphatic rings. The molecule has 9 nitrogen and oxygen atoms in total. The van der Waals surface area contributed by atoms with Gasteiger partial charge in [-0.1, -0.05) is 12.1 Å². The maximum absolute atomic E-state index is 12.6. The number of furan rings is 1. The van der Waals surface area contributed by atoms with E-state index in [1.807, 2.05) is 13.0 Å². The van der Waals surface area contributed by atoms with Crippen LogP contribution in [-0.2, 0) is 10.3 Å². The molecule has 9 heteroatoms. The molecule has 2 aromatic heterocycles. The highest BCUT2D eigenvalue weighted by Crippen LogP contribution is 2.34. The minimum Gasteiger partial charge on any atom is -0.472 e. The van der Waals surface area contributed by atoms with Crippen molar-refractivity contribution in [3.63, 3.8) is 0 Å². The van der Waals surface area contributed by atoms with Crippen LogP contribution in [0.5, 0.6) is 0 Å². The Morgan fingerprint density at radius 1 is 1.27 bits per heavy atom. The number of nitrogens with one attached hydrogen (secondary N) is 1. The fraction of sp³-hybridized carbons (Fsp3) is 0.190. The van der Waals surface area contributed by atoms with Crippen molar-refractivity contribution in [1.29, 1.82) is 0 Å². The van der Waals surface area contributed by atoms with Gasteiger partial charge in [0.15, 0.2) is 5.96 Å². The number of benzene rings is 1. The first-order valence-electron chi connectivity index (χ1n) is 9.24. The van der Waals surface area contributed by atoms with E-state index in [9.17, 15) is 9.59 Å². The van der Waals surface area contributed by atoms with Gasteiger partial charge in [-0.2, -0.15) is 0 Å². The molecule has 1 unspecified atom stereocenters. The van der Waals surface area contributed by atoms with Gasteiger partial charge in [-0.25, -0.2) is 9.98 Å². The van der Waals surface area contributed by atoms with Gasteiger partial charge in [-0.3, -0.25) is 19.5 Å². The maximum Gasteiger partial charge on any atom is 0.275 e. The molecular formula is C21H20N6O3. The van der Waals surface area contributed by atoms with Gasteiger partial charge < -0.3 is 15.5 Å². The summed E-state index contributed by atoms with van der Waals surface area (Å²) in [5.41, 5.74) is 7.97. The average molecular weight is 404 g/mol. The minimum atomic E-state index is -0.805. The van der Waals surface area contributed by atoms with Crippen LogP contribution in [0.25, 0.3) is 11.3 Å². The van der Waals surface area contributed by atoms with Crippen molar-refractivity contribution in [2.24, 2.45) is 10.7 Å². The molecule has 30 heavy (non-hydrogen) atoms. The molecule has 1 atom stereocenters. The summed E-state index contributed by atoms with van der Waals surface area (Å²) in [4.78, 5) is 39.1. The smallest absolute Gasteiger partial charge is 0.275 e. The predicted molar refractivity (Wildman–Crippen MR) is 110 cm³/mol. The van der Waals surface area contributed by atoms with Crippen LogP contribution < -0.4 is 11.1 Å². The molecule has 0 saturated heterocycles. The number of amides is 2. The van der Waals surface area contributed by atoms with Crippen LogP contribution in [-0.4, -0.2) is 39.7 Å². The van der Waals surface area contributed by atoms with E-state index >= 15 is 0 Å². The number of aliphatic imine (C=N–C) groups is 1. The third-order valence-electron chi connectivity index (χ3n) is 5.02. The molecule has 152 valence electrons. The second-order valence-corrected chi connectivity index (χ2v) is 7.21. The number of aromatic nitrogens is 2. The first kappa shape index (κ1) is 19.3. The zero-order chi connectivity index (χ0) is 21.3. The van der Waals surface area contributed by atoms with Crippen LogP contribution in [0.15, 0.2) is 64.7 Å². The van der Waals surface area contributed by atoms with Gasteiger partial charge in [0.05, 0.1) is 42.6 Å². The second kappa shape index (κ2) is 7.43. The number of anilines is 1. The number of hydrogen-bond acceptors (Lipinski definition) is 7. The molecular weight excluding hydrogens is 384 g/mol. The quantitative estimate of drug-likeness (QED) is 0.687. The summed E-state index contributed by atoms with van der Waals surface area (Å²) in [6.45, 7) is 1.84. The number of rotatable bonds is 4. The summed E-state index contributed by atoms with van der Waals surface area (Å²) in [6, 6.07) is 8.93. The third kappa shape index (κ3) is 3.64. The van der Waals surface area contributed by atoms with Crippen LogP contribution in [0, 0.1) is 0 Å². The van der Waals surface area contributed by atoms with Crippen LogP contribution >= 0.6 is 0 Å². The van der Waals surface area contributed by atoms with Crippen LogP contribution in [0.2, 0.25) is 0 Å². The SMILES string of the molecule is CN1C(=O)CC(C)(c2cccc(NC(=O)c3cnc(-c4ccoc4)cn3)c2)N=C1N. The largest absolute Gasteiger partial charge is 0.472 e. The van der Waals surface area contributed by atoms with Crippen LogP contribution in [0.1, 0.15) is 29.4 Å². The highest BCUT2D eigenvalue weighted by Gasteiger charge is 2.36. The molecule has 3 aromatic rings. The molecule has 0 radical (unpaired) electrons. The zero-order valence-electron chi connectivity index (χ0n) is 16.5. The number of guanidine groups is 1. The summed E-state index contributed by atoms with van der Waals surface area (Å²) < 4.78 is 5.03. The van der Waals surface area contributed by atoms with Crippen molar-refractivity contribution in [2.45, 2.75) is 18.9 Å². The molecule has 0 saturated carbocycles. The number of carbonyl (C=O) groups is 2.